The average molecular weight is 785 g/mol. The number of esters is 4. The Balaban J connectivity index is 1.49. The van der Waals surface area contributed by atoms with Gasteiger partial charge in [0.05, 0.1) is 45.2 Å². The van der Waals surface area contributed by atoms with Crippen LogP contribution in [0.5, 0.6) is 23.0 Å². The summed E-state index contributed by atoms with van der Waals surface area (Å²) in [5, 5.41) is 0. The standard InChI is InChI=1S/C46H56O11/c1-4-43(47)54-32-16-10-7-13-29-51-39-25-23-37(24-26-39)36-19-21-38(22-20-36)46(50)57-40-27-28-41(52-30-14-8-11-17-33-55-44(48)5-2)42(35-40)53-31-15-9-12-18-34-56-45(49)6-3/h4-6,19-28,35H,1-3,7-18,29-34H2. The molecule has 11 heteroatoms. The number of ether oxygens (including phenoxy) is 7. The molecule has 0 aromatic heterocycles. The molecule has 0 saturated heterocycles. The lowest BCUT2D eigenvalue weighted by Gasteiger charge is -2.15. The molecule has 0 saturated carbocycles. The van der Waals surface area contributed by atoms with Gasteiger partial charge >= 0.3 is 23.9 Å². The van der Waals surface area contributed by atoms with E-state index in [-0.39, 0.29) is 0 Å². The summed E-state index contributed by atoms with van der Waals surface area (Å²) in [7, 11) is 0. The Hall–Kier alpha value is -5.84. The van der Waals surface area contributed by atoms with E-state index in [0.717, 1.165) is 106 Å². The quantitative estimate of drug-likeness (QED) is 0.0210. The summed E-state index contributed by atoms with van der Waals surface area (Å²) in [6, 6.07) is 20.1. The molecule has 3 aromatic rings. The number of unbranched alkanes of at least 4 members (excludes halogenated alkanes) is 9. The van der Waals surface area contributed by atoms with Crippen LogP contribution in [-0.2, 0) is 28.6 Å². The molecule has 0 aliphatic rings. The molecule has 3 rings (SSSR count). The van der Waals surface area contributed by atoms with Gasteiger partial charge in [-0.1, -0.05) is 44.0 Å². The van der Waals surface area contributed by atoms with Crippen molar-refractivity contribution >= 4 is 23.9 Å². The third kappa shape index (κ3) is 19.0. The Labute approximate surface area is 336 Å². The van der Waals surface area contributed by atoms with Crippen LogP contribution in [0.15, 0.2) is 105 Å². The van der Waals surface area contributed by atoms with Crippen LogP contribution in [0.25, 0.3) is 11.1 Å². The highest BCUT2D eigenvalue weighted by Gasteiger charge is 2.14. The lowest BCUT2D eigenvalue weighted by Crippen LogP contribution is -2.09. The second-order valence-corrected chi connectivity index (χ2v) is 13.0. The van der Waals surface area contributed by atoms with Crippen molar-refractivity contribution in [3.05, 3.63) is 110 Å². The average Bonchev–Trinajstić information content (AvgIpc) is 3.24. The van der Waals surface area contributed by atoms with Gasteiger partial charge in [0.25, 0.3) is 0 Å². The van der Waals surface area contributed by atoms with Gasteiger partial charge in [0, 0.05) is 24.3 Å². The highest BCUT2D eigenvalue weighted by Crippen LogP contribution is 2.33. The molecular weight excluding hydrogens is 728 g/mol. The molecule has 11 nitrogen and oxygen atoms in total. The van der Waals surface area contributed by atoms with Crippen LogP contribution in [0.3, 0.4) is 0 Å². The van der Waals surface area contributed by atoms with Crippen molar-refractivity contribution in [3.8, 4) is 34.1 Å². The normalized spacial score (nSPS) is 10.5. The van der Waals surface area contributed by atoms with Crippen molar-refractivity contribution in [1.29, 1.82) is 0 Å². The highest BCUT2D eigenvalue weighted by atomic mass is 16.5. The van der Waals surface area contributed by atoms with Crippen molar-refractivity contribution in [2.24, 2.45) is 0 Å². The van der Waals surface area contributed by atoms with Crippen molar-refractivity contribution < 1.29 is 52.3 Å². The van der Waals surface area contributed by atoms with E-state index in [1.807, 2.05) is 36.4 Å². The van der Waals surface area contributed by atoms with Gasteiger partial charge in [0.1, 0.15) is 11.5 Å². The molecule has 3 aromatic carbocycles. The largest absolute Gasteiger partial charge is 0.494 e. The molecule has 0 atom stereocenters. The lowest BCUT2D eigenvalue weighted by atomic mass is 10.0. The predicted molar refractivity (Wildman–Crippen MR) is 219 cm³/mol. The van der Waals surface area contributed by atoms with Gasteiger partial charge in [-0.05, 0) is 125 Å². The molecular formula is C46H56O11. The zero-order valence-corrected chi connectivity index (χ0v) is 32.9. The maximum absolute atomic E-state index is 13.2. The first-order valence-corrected chi connectivity index (χ1v) is 19.7. The minimum atomic E-state index is -0.501. The van der Waals surface area contributed by atoms with Crippen molar-refractivity contribution in [2.75, 3.05) is 39.6 Å². The van der Waals surface area contributed by atoms with E-state index in [4.69, 9.17) is 33.2 Å². The van der Waals surface area contributed by atoms with Crippen LogP contribution >= 0.6 is 0 Å². The molecule has 0 unspecified atom stereocenters. The minimum Gasteiger partial charge on any atom is -0.494 e. The summed E-state index contributed by atoms with van der Waals surface area (Å²) in [6.45, 7) is 12.8. The molecule has 57 heavy (non-hydrogen) atoms. The second kappa shape index (κ2) is 27.7. The molecule has 0 amide bonds. The van der Waals surface area contributed by atoms with Crippen LogP contribution in [0.1, 0.15) is 87.4 Å². The van der Waals surface area contributed by atoms with Crippen molar-refractivity contribution in [2.45, 2.75) is 77.0 Å². The Kier molecular flexibility index (Phi) is 22.1. The first-order valence-electron chi connectivity index (χ1n) is 19.7. The lowest BCUT2D eigenvalue weighted by molar-refractivity contribution is -0.138. The third-order valence-electron chi connectivity index (χ3n) is 8.57. The fraction of sp³-hybridized carbons (Fsp3) is 0.391. The molecule has 0 fully saturated rings. The number of rotatable bonds is 30. The molecule has 0 bridgehead atoms. The zero-order valence-electron chi connectivity index (χ0n) is 32.9. The van der Waals surface area contributed by atoms with Gasteiger partial charge < -0.3 is 33.2 Å². The summed E-state index contributed by atoms with van der Waals surface area (Å²) in [4.78, 5) is 46.6. The molecule has 0 heterocycles. The van der Waals surface area contributed by atoms with Gasteiger partial charge in [0.15, 0.2) is 11.5 Å². The Bertz CT molecular complexity index is 1700. The molecule has 0 N–H and O–H groups in total. The van der Waals surface area contributed by atoms with E-state index in [1.54, 1.807) is 30.3 Å². The van der Waals surface area contributed by atoms with Crippen LogP contribution in [0, 0.1) is 0 Å². The summed E-state index contributed by atoms with van der Waals surface area (Å²) in [6.07, 6.45) is 13.8. The molecule has 0 spiro atoms. The number of carbonyl (C=O) groups excluding carboxylic acids is 4. The van der Waals surface area contributed by atoms with E-state index >= 15 is 0 Å². The van der Waals surface area contributed by atoms with E-state index < -0.39 is 23.9 Å². The van der Waals surface area contributed by atoms with Crippen LogP contribution < -0.4 is 18.9 Å². The molecule has 0 aliphatic heterocycles. The molecule has 0 radical (unpaired) electrons. The number of carbonyl (C=O) groups is 4. The summed E-state index contributed by atoms with van der Waals surface area (Å²) >= 11 is 0. The summed E-state index contributed by atoms with van der Waals surface area (Å²) in [5.74, 6) is 0.400. The second-order valence-electron chi connectivity index (χ2n) is 13.0. The monoisotopic (exact) mass is 784 g/mol. The number of hydrogen-bond acceptors (Lipinski definition) is 11. The van der Waals surface area contributed by atoms with E-state index in [0.29, 0.717) is 62.5 Å². The minimum absolute atomic E-state index is 0.328. The first-order chi connectivity index (χ1) is 27.8. The van der Waals surface area contributed by atoms with Gasteiger partial charge in [0.2, 0.25) is 0 Å². The Morgan fingerprint density at radius 3 is 1.26 bits per heavy atom. The van der Waals surface area contributed by atoms with E-state index in [1.165, 1.54) is 6.08 Å². The SMILES string of the molecule is C=CC(=O)OCCCCCCOc1ccc(-c2ccc(C(=O)Oc3ccc(OCCCCCCOC(=O)C=C)c(OCCCCCCOC(=O)C=C)c3)cc2)cc1. The highest BCUT2D eigenvalue weighted by molar-refractivity contribution is 5.91. The predicted octanol–water partition coefficient (Wildman–Crippen LogP) is 9.58. The van der Waals surface area contributed by atoms with Crippen LogP contribution in [0.2, 0.25) is 0 Å². The van der Waals surface area contributed by atoms with Crippen molar-refractivity contribution in [1.82, 2.24) is 0 Å². The topological polar surface area (TPSA) is 133 Å². The fourth-order valence-electron chi connectivity index (χ4n) is 5.41. The van der Waals surface area contributed by atoms with Gasteiger partial charge in [-0.2, -0.15) is 0 Å². The van der Waals surface area contributed by atoms with Crippen LogP contribution in [-0.4, -0.2) is 63.5 Å². The summed E-state index contributed by atoms with van der Waals surface area (Å²) < 4.78 is 38.8. The smallest absolute Gasteiger partial charge is 0.343 e. The Morgan fingerprint density at radius 2 is 0.807 bits per heavy atom. The molecule has 306 valence electrons. The first kappa shape index (κ1) is 45.5. The van der Waals surface area contributed by atoms with Crippen molar-refractivity contribution in [3.63, 3.8) is 0 Å². The zero-order chi connectivity index (χ0) is 40.9. The van der Waals surface area contributed by atoms with Gasteiger partial charge in [-0.25, -0.2) is 19.2 Å². The van der Waals surface area contributed by atoms with Gasteiger partial charge in [-0.15, -0.1) is 0 Å². The summed E-state index contributed by atoms with van der Waals surface area (Å²) in [5.41, 5.74) is 2.33. The van der Waals surface area contributed by atoms with Crippen LogP contribution in [0.4, 0.5) is 0 Å². The number of hydrogen-bond donors (Lipinski definition) is 0. The maximum Gasteiger partial charge on any atom is 0.343 e. The van der Waals surface area contributed by atoms with E-state index in [9.17, 15) is 19.2 Å². The maximum atomic E-state index is 13.2. The third-order valence-corrected chi connectivity index (χ3v) is 8.57. The Morgan fingerprint density at radius 1 is 0.421 bits per heavy atom. The molecule has 0 aliphatic carbocycles. The number of benzene rings is 3. The van der Waals surface area contributed by atoms with E-state index in [2.05, 4.69) is 19.7 Å². The van der Waals surface area contributed by atoms with Gasteiger partial charge in [-0.3, -0.25) is 0 Å². The fourth-order valence-corrected chi connectivity index (χ4v) is 5.41.